The highest BCUT2D eigenvalue weighted by atomic mass is 79.9. The van der Waals surface area contributed by atoms with Gasteiger partial charge >= 0.3 is 5.97 Å². The predicted octanol–water partition coefficient (Wildman–Crippen LogP) is 14.1. The van der Waals surface area contributed by atoms with Gasteiger partial charge in [0.05, 0.1) is 30.0 Å². The zero-order valence-corrected chi connectivity index (χ0v) is 49.7. The van der Waals surface area contributed by atoms with Gasteiger partial charge in [-0.15, -0.1) is 0 Å². The van der Waals surface area contributed by atoms with E-state index in [2.05, 4.69) is 145 Å². The Kier molecular flexibility index (Phi) is 21.5. The van der Waals surface area contributed by atoms with Crippen molar-refractivity contribution in [2.45, 2.75) is 249 Å². The molecule has 0 aromatic heterocycles. The van der Waals surface area contributed by atoms with E-state index in [4.69, 9.17) is 31.9 Å². The van der Waals surface area contributed by atoms with Gasteiger partial charge in [-0.05, 0) is 121 Å². The number of carbonyl (C=O) groups is 1. The number of aliphatic hydroxyl groups excluding tert-OH is 1. The number of ether oxygens (including phenoxy) is 3. The number of rotatable bonds is 23. The standard InChI is InChI=1S/C51H93BrO9Si4/c1-20-65(21-2,22-3)55-35-34-40-31-33-42-44(56-40)46(60-63(16,17)50(8,9)10)47(61-64(18,19)51(11,12)13)45(58-42)43(59-62(14,15)49(5,6)7)32-29-39(53)28-30-41(36-37(4)52)57-48(54)38-26-24-23-25-27-38/h23-27,29,32,39-47,53H,4,20-22,28,30-31,33-36H2,1-3,5-19H3/b32-29+/t39?,40-,41+,42+,43+,44+,45+,46+,47-/m1/s1. The van der Waals surface area contributed by atoms with Gasteiger partial charge in [0.25, 0.3) is 0 Å². The maximum absolute atomic E-state index is 13.1. The van der Waals surface area contributed by atoms with Crippen LogP contribution in [0, 0.1) is 0 Å². The Morgan fingerprint density at radius 3 is 1.85 bits per heavy atom. The Bertz CT molecular complexity index is 1660. The number of halogens is 1. The molecule has 2 heterocycles. The van der Waals surface area contributed by atoms with E-state index < -0.39 is 75.9 Å². The van der Waals surface area contributed by atoms with Crippen LogP contribution in [0.5, 0.6) is 0 Å². The minimum Gasteiger partial charge on any atom is -0.458 e. The van der Waals surface area contributed by atoms with Gasteiger partial charge in [-0.3, -0.25) is 0 Å². The molecule has 2 saturated heterocycles. The van der Waals surface area contributed by atoms with Crippen LogP contribution in [0.25, 0.3) is 0 Å². The number of benzene rings is 1. The molecule has 0 radical (unpaired) electrons. The Morgan fingerprint density at radius 2 is 1.34 bits per heavy atom. The third-order valence-corrected chi connectivity index (χ3v) is 34.1. The quantitative estimate of drug-likeness (QED) is 0.0652. The van der Waals surface area contributed by atoms with E-state index in [9.17, 15) is 9.90 Å². The van der Waals surface area contributed by atoms with Crippen molar-refractivity contribution in [3.05, 3.63) is 59.1 Å². The van der Waals surface area contributed by atoms with E-state index in [0.29, 0.717) is 31.4 Å². The molecular weight excluding hydrogens is 949 g/mol. The van der Waals surface area contributed by atoms with Crippen LogP contribution >= 0.6 is 15.9 Å². The van der Waals surface area contributed by atoms with Crippen molar-refractivity contribution in [2.24, 2.45) is 0 Å². The molecule has 2 fully saturated rings. The highest BCUT2D eigenvalue weighted by molar-refractivity contribution is 9.11. The summed E-state index contributed by atoms with van der Waals surface area (Å²) in [6.45, 7) is 45.8. The second-order valence-electron chi connectivity index (χ2n) is 23.5. The molecule has 2 aliphatic rings. The first-order chi connectivity index (χ1) is 29.8. The number of carbonyl (C=O) groups excluding carboxylic acids is 1. The molecule has 14 heteroatoms. The van der Waals surface area contributed by atoms with Gasteiger partial charge in [0.2, 0.25) is 0 Å². The lowest BCUT2D eigenvalue weighted by atomic mass is 9.87. The molecule has 0 bridgehead atoms. The van der Waals surface area contributed by atoms with E-state index in [-0.39, 0.29) is 33.4 Å². The average molecular weight is 1040 g/mol. The van der Waals surface area contributed by atoms with E-state index in [1.54, 1.807) is 12.1 Å². The first-order valence-electron chi connectivity index (χ1n) is 24.8. The van der Waals surface area contributed by atoms with Gasteiger partial charge in [-0.25, -0.2) is 4.79 Å². The average Bonchev–Trinajstić information content (AvgIpc) is 3.19. The van der Waals surface area contributed by atoms with E-state index >= 15 is 0 Å². The van der Waals surface area contributed by atoms with Gasteiger partial charge in [0, 0.05) is 13.0 Å². The molecule has 9 atom stereocenters. The Labute approximate surface area is 409 Å². The molecule has 0 spiro atoms. The summed E-state index contributed by atoms with van der Waals surface area (Å²) in [5, 5.41) is 11.4. The van der Waals surface area contributed by atoms with Gasteiger partial charge < -0.3 is 37.0 Å². The largest absolute Gasteiger partial charge is 0.458 e. The molecule has 374 valence electrons. The lowest BCUT2D eigenvalue weighted by Gasteiger charge is -2.56. The third kappa shape index (κ3) is 16.4. The molecule has 3 rings (SSSR count). The SMILES string of the molecule is C=C(Br)C[C@H](CCC(O)/C=C/[C@H](O[Si](C)(C)C(C)(C)C)[C@@H]1O[C@H]2CC[C@H](CCO[Si](CC)(CC)CC)O[C@@H]2[C@H](O[Si](C)(C)C(C)(C)C)[C@@H]1O[Si](C)(C)C(C)(C)C)OC(=O)c1ccccc1. The molecule has 0 aliphatic carbocycles. The van der Waals surface area contributed by atoms with Crippen molar-refractivity contribution in [3.63, 3.8) is 0 Å². The topological polar surface area (TPSA) is 102 Å². The predicted molar refractivity (Wildman–Crippen MR) is 283 cm³/mol. The molecule has 1 aromatic carbocycles. The smallest absolute Gasteiger partial charge is 0.338 e. The van der Waals surface area contributed by atoms with Gasteiger partial charge in [0.1, 0.15) is 30.5 Å². The van der Waals surface area contributed by atoms with Crippen LogP contribution in [-0.2, 0) is 31.9 Å². The summed E-state index contributed by atoms with van der Waals surface area (Å²) >= 11 is 3.47. The second kappa shape index (κ2) is 23.9. The normalized spacial score (nSPS) is 24.4. The molecule has 9 nitrogen and oxygen atoms in total. The van der Waals surface area contributed by atoms with Crippen molar-refractivity contribution >= 4 is 55.2 Å². The lowest BCUT2D eigenvalue weighted by Crippen LogP contribution is -2.69. The van der Waals surface area contributed by atoms with Crippen LogP contribution in [0.2, 0.25) is 72.5 Å². The molecule has 0 saturated carbocycles. The van der Waals surface area contributed by atoms with Crippen LogP contribution in [0.3, 0.4) is 0 Å². The summed E-state index contributed by atoms with van der Waals surface area (Å²) in [4.78, 5) is 13.1. The highest BCUT2D eigenvalue weighted by Gasteiger charge is 2.58. The van der Waals surface area contributed by atoms with Crippen LogP contribution in [-0.4, -0.2) is 106 Å². The molecule has 0 amide bonds. The van der Waals surface area contributed by atoms with E-state index in [0.717, 1.165) is 41.9 Å². The summed E-state index contributed by atoms with van der Waals surface area (Å²) in [5.41, 5.74) is 0.486. The third-order valence-electron chi connectivity index (χ3n) is 15.6. The summed E-state index contributed by atoms with van der Waals surface area (Å²) in [5.74, 6) is -0.397. The summed E-state index contributed by atoms with van der Waals surface area (Å²) in [7, 11) is -9.09. The molecule has 65 heavy (non-hydrogen) atoms. The molecule has 1 unspecified atom stereocenters. The number of hydrogen-bond donors (Lipinski definition) is 1. The Balaban J connectivity index is 2.11. The lowest BCUT2D eigenvalue weighted by molar-refractivity contribution is -0.267. The van der Waals surface area contributed by atoms with E-state index in [1.165, 1.54) is 0 Å². The Hall–Kier alpha value is -0.762. The first-order valence-corrected chi connectivity index (χ1v) is 36.8. The monoisotopic (exact) mass is 1040 g/mol. The molecule has 1 N–H and O–H groups in total. The van der Waals surface area contributed by atoms with Crippen molar-refractivity contribution in [1.82, 2.24) is 0 Å². The number of esters is 1. The molecule has 2 aliphatic heterocycles. The zero-order chi connectivity index (χ0) is 49.4. The fourth-order valence-electron chi connectivity index (χ4n) is 7.89. The molecular formula is C51H93BrO9Si4. The van der Waals surface area contributed by atoms with Crippen molar-refractivity contribution < 1.29 is 41.8 Å². The van der Waals surface area contributed by atoms with E-state index in [1.807, 2.05) is 30.4 Å². The Morgan fingerprint density at radius 1 is 0.800 bits per heavy atom. The van der Waals surface area contributed by atoms with Crippen molar-refractivity contribution in [2.75, 3.05) is 6.61 Å². The van der Waals surface area contributed by atoms with Gasteiger partial charge in [0.15, 0.2) is 33.3 Å². The highest BCUT2D eigenvalue weighted by Crippen LogP contribution is 2.47. The summed E-state index contributed by atoms with van der Waals surface area (Å²) in [6.07, 6.45) is 3.79. The van der Waals surface area contributed by atoms with Crippen molar-refractivity contribution in [1.29, 1.82) is 0 Å². The fraction of sp³-hybridized carbons (Fsp3) is 0.784. The summed E-state index contributed by atoms with van der Waals surface area (Å²) in [6, 6.07) is 12.4. The zero-order valence-electron chi connectivity index (χ0n) is 44.1. The molecule has 1 aromatic rings. The van der Waals surface area contributed by atoms with Crippen LogP contribution < -0.4 is 0 Å². The second-order valence-corrected chi connectivity index (χ2v) is 43.7. The maximum atomic E-state index is 13.1. The first kappa shape index (κ1) is 58.6. The number of fused-ring (bicyclic) bond motifs is 1. The fourth-order valence-corrected chi connectivity index (χ4v) is 14.8. The van der Waals surface area contributed by atoms with Crippen LogP contribution in [0.1, 0.15) is 132 Å². The van der Waals surface area contributed by atoms with Crippen LogP contribution in [0.4, 0.5) is 0 Å². The number of hydrogen-bond acceptors (Lipinski definition) is 9. The van der Waals surface area contributed by atoms with Gasteiger partial charge in [-0.2, -0.15) is 0 Å². The minimum atomic E-state index is -2.47. The number of aliphatic hydroxyl groups is 1. The maximum Gasteiger partial charge on any atom is 0.338 e. The van der Waals surface area contributed by atoms with Crippen molar-refractivity contribution in [3.8, 4) is 0 Å². The summed E-state index contributed by atoms with van der Waals surface area (Å²) < 4.78 is 50.8. The minimum absolute atomic E-state index is 0.0273. The van der Waals surface area contributed by atoms with Crippen LogP contribution in [0.15, 0.2) is 53.5 Å². The van der Waals surface area contributed by atoms with Gasteiger partial charge in [-0.1, -0.05) is 136 Å².